The molecule has 0 spiro atoms. The first-order valence-electron chi connectivity index (χ1n) is 9.53. The molecule has 29 heavy (non-hydrogen) atoms. The van der Waals surface area contributed by atoms with E-state index in [0.717, 1.165) is 29.7 Å². The summed E-state index contributed by atoms with van der Waals surface area (Å²) in [6.07, 6.45) is 4.47. The van der Waals surface area contributed by atoms with Crippen molar-refractivity contribution in [3.63, 3.8) is 0 Å². The molecule has 2 heterocycles. The SMILES string of the molecule is O=C(Nc1ccc2c(c1)N(C(=O)c1cccnc1)CCC2)OCc1ccccc1. The number of pyridine rings is 1. The predicted molar refractivity (Wildman–Crippen MR) is 111 cm³/mol. The minimum atomic E-state index is -0.533. The molecule has 0 fully saturated rings. The Morgan fingerprint density at radius 3 is 2.72 bits per heavy atom. The first-order chi connectivity index (χ1) is 14.2. The Bertz CT molecular complexity index is 1010. The van der Waals surface area contributed by atoms with Crippen molar-refractivity contribution in [1.82, 2.24) is 4.98 Å². The zero-order valence-electron chi connectivity index (χ0n) is 15.9. The van der Waals surface area contributed by atoms with E-state index >= 15 is 0 Å². The zero-order chi connectivity index (χ0) is 20.1. The van der Waals surface area contributed by atoms with Crippen molar-refractivity contribution in [2.75, 3.05) is 16.8 Å². The second-order valence-electron chi connectivity index (χ2n) is 6.83. The molecule has 0 saturated carbocycles. The molecule has 3 aromatic rings. The molecule has 0 radical (unpaired) electrons. The second kappa shape index (κ2) is 8.56. The van der Waals surface area contributed by atoms with Gasteiger partial charge in [-0.25, -0.2) is 4.79 Å². The molecule has 0 atom stereocenters. The summed E-state index contributed by atoms with van der Waals surface area (Å²) < 4.78 is 5.28. The van der Waals surface area contributed by atoms with Gasteiger partial charge in [-0.1, -0.05) is 36.4 Å². The Morgan fingerprint density at radius 1 is 1.07 bits per heavy atom. The van der Waals surface area contributed by atoms with E-state index in [0.29, 0.717) is 17.8 Å². The van der Waals surface area contributed by atoms with Crippen molar-refractivity contribution in [3.8, 4) is 0 Å². The summed E-state index contributed by atoms with van der Waals surface area (Å²) in [4.78, 5) is 30.9. The van der Waals surface area contributed by atoms with Crippen LogP contribution in [0.3, 0.4) is 0 Å². The molecule has 2 amide bonds. The smallest absolute Gasteiger partial charge is 0.411 e. The molecular formula is C23H21N3O3. The third-order valence-corrected chi connectivity index (χ3v) is 4.82. The van der Waals surface area contributed by atoms with E-state index in [9.17, 15) is 9.59 Å². The van der Waals surface area contributed by atoms with E-state index < -0.39 is 6.09 Å². The lowest BCUT2D eigenvalue weighted by Gasteiger charge is -2.30. The van der Waals surface area contributed by atoms with Crippen LogP contribution in [0.1, 0.15) is 27.9 Å². The van der Waals surface area contributed by atoms with Crippen molar-refractivity contribution >= 4 is 23.4 Å². The molecule has 0 aliphatic carbocycles. The molecule has 6 nitrogen and oxygen atoms in total. The van der Waals surface area contributed by atoms with Crippen LogP contribution in [0, 0.1) is 0 Å². The van der Waals surface area contributed by atoms with Gasteiger partial charge in [-0.05, 0) is 48.2 Å². The number of rotatable bonds is 4. The summed E-state index contributed by atoms with van der Waals surface area (Å²) in [6, 6.07) is 18.6. The fraction of sp³-hybridized carbons (Fsp3) is 0.174. The van der Waals surface area contributed by atoms with Crippen molar-refractivity contribution in [3.05, 3.63) is 89.7 Å². The fourth-order valence-electron chi connectivity index (χ4n) is 3.39. The minimum Gasteiger partial charge on any atom is -0.444 e. The average molecular weight is 387 g/mol. The normalized spacial score (nSPS) is 12.8. The number of aryl methyl sites for hydroxylation is 1. The summed E-state index contributed by atoms with van der Waals surface area (Å²) in [5.74, 6) is -0.0946. The first-order valence-corrected chi connectivity index (χ1v) is 9.53. The number of nitrogens with one attached hydrogen (secondary N) is 1. The summed E-state index contributed by atoms with van der Waals surface area (Å²) in [5, 5.41) is 2.75. The van der Waals surface area contributed by atoms with Crippen LogP contribution in [-0.2, 0) is 17.8 Å². The molecule has 2 aromatic carbocycles. The number of fused-ring (bicyclic) bond motifs is 1. The second-order valence-corrected chi connectivity index (χ2v) is 6.83. The first kappa shape index (κ1) is 18.7. The maximum Gasteiger partial charge on any atom is 0.411 e. The molecule has 4 rings (SSSR count). The van der Waals surface area contributed by atoms with Crippen LogP contribution in [0.4, 0.5) is 16.2 Å². The molecule has 0 unspecified atom stereocenters. The molecule has 0 saturated heterocycles. The number of benzene rings is 2. The van der Waals surface area contributed by atoms with Crippen LogP contribution in [0.5, 0.6) is 0 Å². The highest BCUT2D eigenvalue weighted by Gasteiger charge is 2.24. The Hall–Kier alpha value is -3.67. The van der Waals surface area contributed by atoms with Gasteiger partial charge in [0, 0.05) is 30.3 Å². The molecule has 1 N–H and O–H groups in total. The van der Waals surface area contributed by atoms with E-state index in [1.54, 1.807) is 29.4 Å². The van der Waals surface area contributed by atoms with Crippen molar-refractivity contribution < 1.29 is 14.3 Å². The molecule has 6 heteroatoms. The third-order valence-electron chi connectivity index (χ3n) is 4.82. The van der Waals surface area contributed by atoms with E-state index in [1.807, 2.05) is 48.5 Å². The summed E-state index contributed by atoms with van der Waals surface area (Å²) in [7, 11) is 0. The molecule has 1 aliphatic heterocycles. The summed E-state index contributed by atoms with van der Waals surface area (Å²) in [6.45, 7) is 0.825. The predicted octanol–water partition coefficient (Wildman–Crippen LogP) is 4.42. The molecule has 146 valence electrons. The van der Waals surface area contributed by atoms with Crippen LogP contribution in [0.25, 0.3) is 0 Å². The van der Waals surface area contributed by atoms with Gasteiger partial charge < -0.3 is 9.64 Å². The minimum absolute atomic E-state index is 0.0946. The zero-order valence-corrected chi connectivity index (χ0v) is 15.9. The van der Waals surface area contributed by atoms with Crippen molar-refractivity contribution in [2.24, 2.45) is 0 Å². The lowest BCUT2D eigenvalue weighted by molar-refractivity contribution is 0.0984. The largest absolute Gasteiger partial charge is 0.444 e. The Balaban J connectivity index is 1.48. The van der Waals surface area contributed by atoms with Gasteiger partial charge in [0.2, 0.25) is 0 Å². The van der Waals surface area contributed by atoms with E-state index in [-0.39, 0.29) is 12.5 Å². The number of aromatic nitrogens is 1. The van der Waals surface area contributed by atoms with E-state index in [1.165, 1.54) is 0 Å². The maximum absolute atomic E-state index is 12.9. The third kappa shape index (κ3) is 4.43. The highest BCUT2D eigenvalue weighted by Crippen LogP contribution is 2.31. The van der Waals surface area contributed by atoms with Gasteiger partial charge in [-0.15, -0.1) is 0 Å². The number of hydrogen-bond acceptors (Lipinski definition) is 4. The van der Waals surface area contributed by atoms with E-state index in [2.05, 4.69) is 10.3 Å². The van der Waals surface area contributed by atoms with Gasteiger partial charge in [0.25, 0.3) is 5.91 Å². The standard InChI is InChI=1S/C23H21N3O3/c27-22(19-8-4-12-24-15-19)26-13-5-9-18-10-11-20(14-21(18)26)25-23(28)29-16-17-6-2-1-3-7-17/h1-4,6-8,10-12,14-15H,5,9,13,16H2,(H,25,28). The van der Waals surface area contributed by atoms with Gasteiger partial charge in [0.15, 0.2) is 0 Å². The Morgan fingerprint density at radius 2 is 1.93 bits per heavy atom. The van der Waals surface area contributed by atoms with Gasteiger partial charge >= 0.3 is 6.09 Å². The Kier molecular flexibility index (Phi) is 5.52. The van der Waals surface area contributed by atoms with E-state index in [4.69, 9.17) is 4.74 Å². The van der Waals surface area contributed by atoms with Crippen LogP contribution in [0.15, 0.2) is 73.1 Å². The van der Waals surface area contributed by atoms with Gasteiger partial charge in [0.05, 0.1) is 5.56 Å². The van der Waals surface area contributed by atoms with Crippen LogP contribution >= 0.6 is 0 Å². The van der Waals surface area contributed by atoms with Gasteiger partial charge in [0.1, 0.15) is 6.61 Å². The number of nitrogens with zero attached hydrogens (tertiary/aromatic N) is 2. The number of amides is 2. The Labute approximate surface area is 169 Å². The van der Waals surface area contributed by atoms with Crippen molar-refractivity contribution in [2.45, 2.75) is 19.4 Å². The highest BCUT2D eigenvalue weighted by molar-refractivity contribution is 6.07. The molecule has 0 bridgehead atoms. The highest BCUT2D eigenvalue weighted by atomic mass is 16.5. The number of anilines is 2. The van der Waals surface area contributed by atoms with Crippen LogP contribution in [-0.4, -0.2) is 23.5 Å². The number of carbonyl (C=O) groups is 2. The summed E-state index contributed by atoms with van der Waals surface area (Å²) >= 11 is 0. The van der Waals surface area contributed by atoms with Crippen LogP contribution < -0.4 is 10.2 Å². The van der Waals surface area contributed by atoms with Gasteiger partial charge in [-0.3, -0.25) is 15.1 Å². The van der Waals surface area contributed by atoms with Crippen LogP contribution in [0.2, 0.25) is 0 Å². The molecular weight excluding hydrogens is 366 g/mol. The monoisotopic (exact) mass is 387 g/mol. The average Bonchev–Trinajstić information content (AvgIpc) is 2.78. The topological polar surface area (TPSA) is 71.5 Å². The quantitative estimate of drug-likeness (QED) is 0.719. The lowest BCUT2D eigenvalue weighted by atomic mass is 10.0. The van der Waals surface area contributed by atoms with Crippen molar-refractivity contribution in [1.29, 1.82) is 0 Å². The number of carbonyl (C=O) groups excluding carboxylic acids is 2. The number of ether oxygens (including phenoxy) is 1. The lowest BCUT2D eigenvalue weighted by Crippen LogP contribution is -2.35. The maximum atomic E-state index is 12.9. The molecule has 1 aliphatic rings. The number of hydrogen-bond donors (Lipinski definition) is 1. The van der Waals surface area contributed by atoms with Gasteiger partial charge in [-0.2, -0.15) is 0 Å². The fourth-order valence-corrected chi connectivity index (χ4v) is 3.39. The summed E-state index contributed by atoms with van der Waals surface area (Å²) in [5.41, 5.74) is 3.94. The molecule has 1 aromatic heterocycles.